The van der Waals surface area contributed by atoms with Crippen LogP contribution in [-0.2, 0) is 17.8 Å². The minimum absolute atomic E-state index is 0.269. The van der Waals surface area contributed by atoms with Crippen LogP contribution in [-0.4, -0.2) is 69.9 Å². The number of rotatable bonds is 8. The van der Waals surface area contributed by atoms with Gasteiger partial charge in [-0.1, -0.05) is 37.3 Å². The second kappa shape index (κ2) is 9.03. The predicted octanol–water partition coefficient (Wildman–Crippen LogP) is 1.59. The molecule has 136 valence electrons. The van der Waals surface area contributed by atoms with Gasteiger partial charge in [0.25, 0.3) is 0 Å². The van der Waals surface area contributed by atoms with Crippen LogP contribution in [0.25, 0.3) is 0 Å². The molecule has 1 saturated heterocycles. The zero-order valence-corrected chi connectivity index (χ0v) is 15.2. The molecular formula is C18H28N6O. The van der Waals surface area contributed by atoms with Crippen LogP contribution in [0, 0.1) is 0 Å². The van der Waals surface area contributed by atoms with E-state index in [1.54, 1.807) is 7.11 Å². The van der Waals surface area contributed by atoms with Crippen LogP contribution in [0.1, 0.15) is 30.8 Å². The summed E-state index contributed by atoms with van der Waals surface area (Å²) in [5.41, 5.74) is 1.38. The number of tetrazole rings is 1. The van der Waals surface area contributed by atoms with Crippen molar-refractivity contribution in [1.82, 2.24) is 30.0 Å². The second-order valence-corrected chi connectivity index (χ2v) is 6.47. The van der Waals surface area contributed by atoms with Gasteiger partial charge in [-0.05, 0) is 22.4 Å². The van der Waals surface area contributed by atoms with E-state index < -0.39 is 0 Å². The van der Waals surface area contributed by atoms with Gasteiger partial charge in [-0.2, -0.15) is 0 Å². The Labute approximate surface area is 149 Å². The molecule has 1 aromatic heterocycles. The minimum atomic E-state index is 0.269. The Bertz CT molecular complexity index is 624. The molecule has 0 aliphatic carbocycles. The van der Waals surface area contributed by atoms with Gasteiger partial charge in [0.15, 0.2) is 5.82 Å². The largest absolute Gasteiger partial charge is 0.383 e. The van der Waals surface area contributed by atoms with Crippen LogP contribution in [0.15, 0.2) is 30.3 Å². The van der Waals surface area contributed by atoms with Gasteiger partial charge in [0.2, 0.25) is 0 Å². The van der Waals surface area contributed by atoms with Crippen LogP contribution in [0.5, 0.6) is 0 Å². The van der Waals surface area contributed by atoms with Crippen molar-refractivity contribution in [2.75, 3.05) is 39.9 Å². The summed E-state index contributed by atoms with van der Waals surface area (Å²) in [6, 6.07) is 11.0. The van der Waals surface area contributed by atoms with E-state index in [0.29, 0.717) is 13.2 Å². The average Bonchev–Trinajstić information content (AvgIpc) is 3.11. The Morgan fingerprint density at radius 2 is 1.88 bits per heavy atom. The molecule has 1 aromatic carbocycles. The summed E-state index contributed by atoms with van der Waals surface area (Å²) >= 11 is 0. The predicted molar refractivity (Wildman–Crippen MR) is 96.0 cm³/mol. The van der Waals surface area contributed by atoms with E-state index in [1.165, 1.54) is 5.56 Å². The fourth-order valence-corrected chi connectivity index (χ4v) is 3.47. The first-order valence-electron chi connectivity index (χ1n) is 9.07. The van der Waals surface area contributed by atoms with Gasteiger partial charge in [0.05, 0.1) is 19.2 Å². The highest BCUT2D eigenvalue weighted by atomic mass is 16.5. The molecule has 7 nitrogen and oxygen atoms in total. The molecule has 7 heteroatoms. The van der Waals surface area contributed by atoms with Gasteiger partial charge in [0, 0.05) is 39.8 Å². The molecule has 0 amide bonds. The van der Waals surface area contributed by atoms with E-state index >= 15 is 0 Å². The minimum Gasteiger partial charge on any atom is -0.383 e. The molecular weight excluding hydrogens is 316 g/mol. The monoisotopic (exact) mass is 344 g/mol. The smallest absolute Gasteiger partial charge is 0.168 e. The zero-order chi connectivity index (χ0) is 17.5. The van der Waals surface area contributed by atoms with Gasteiger partial charge in [0.1, 0.15) is 0 Å². The first-order valence-corrected chi connectivity index (χ1v) is 9.07. The van der Waals surface area contributed by atoms with Crippen molar-refractivity contribution < 1.29 is 4.74 Å². The number of benzene rings is 1. The maximum absolute atomic E-state index is 5.16. The molecule has 3 rings (SSSR count). The van der Waals surface area contributed by atoms with Crippen molar-refractivity contribution in [3.8, 4) is 0 Å². The highest BCUT2D eigenvalue weighted by Gasteiger charge is 2.27. The fourth-order valence-electron chi connectivity index (χ4n) is 3.47. The SMILES string of the molecule is CC[C@@H](c1nnnn1CCOC)N1CCN(Cc2ccccc2)CC1. The second-order valence-electron chi connectivity index (χ2n) is 6.47. The standard InChI is InChI=1S/C18H28N6O/c1-3-17(18-19-20-21-24(18)13-14-25-2)23-11-9-22(10-12-23)15-16-7-5-4-6-8-16/h4-8,17H,3,9-15H2,1-2H3/t17-/m0/s1. The van der Waals surface area contributed by atoms with Gasteiger partial charge < -0.3 is 4.74 Å². The van der Waals surface area contributed by atoms with Crippen molar-refractivity contribution in [2.45, 2.75) is 32.5 Å². The molecule has 2 aromatic rings. The van der Waals surface area contributed by atoms with Crippen LogP contribution in [0.4, 0.5) is 0 Å². The van der Waals surface area contributed by atoms with E-state index in [-0.39, 0.29) is 6.04 Å². The normalized spacial score (nSPS) is 17.7. The number of piperazine rings is 1. The highest BCUT2D eigenvalue weighted by molar-refractivity contribution is 5.14. The molecule has 0 spiro atoms. The Hall–Kier alpha value is -1.83. The lowest BCUT2D eigenvalue weighted by Gasteiger charge is -2.38. The third-order valence-electron chi connectivity index (χ3n) is 4.85. The lowest BCUT2D eigenvalue weighted by molar-refractivity contribution is 0.0831. The molecule has 0 N–H and O–H groups in total. The zero-order valence-electron chi connectivity index (χ0n) is 15.2. The van der Waals surface area contributed by atoms with Crippen molar-refractivity contribution >= 4 is 0 Å². The van der Waals surface area contributed by atoms with Crippen molar-refractivity contribution in [3.05, 3.63) is 41.7 Å². The Balaban J connectivity index is 1.58. The first kappa shape index (κ1) is 18.0. The average molecular weight is 344 g/mol. The van der Waals surface area contributed by atoms with Crippen molar-refractivity contribution in [2.24, 2.45) is 0 Å². The summed E-state index contributed by atoms with van der Waals surface area (Å²) in [7, 11) is 1.70. The molecule has 1 aliphatic heterocycles. The van der Waals surface area contributed by atoms with Gasteiger partial charge in [-0.25, -0.2) is 4.68 Å². The third kappa shape index (κ3) is 4.62. The lowest BCUT2D eigenvalue weighted by Crippen LogP contribution is -2.47. The molecule has 0 saturated carbocycles. The molecule has 1 atom stereocenters. The van der Waals surface area contributed by atoms with Crippen LogP contribution >= 0.6 is 0 Å². The topological polar surface area (TPSA) is 59.3 Å². The maximum atomic E-state index is 5.16. The summed E-state index contributed by atoms with van der Waals surface area (Å²) < 4.78 is 7.05. The maximum Gasteiger partial charge on any atom is 0.168 e. The number of nitrogens with zero attached hydrogens (tertiary/aromatic N) is 6. The number of hydrogen-bond donors (Lipinski definition) is 0. The van der Waals surface area contributed by atoms with E-state index in [2.05, 4.69) is 62.6 Å². The molecule has 0 radical (unpaired) electrons. The highest BCUT2D eigenvalue weighted by Crippen LogP contribution is 2.23. The molecule has 1 fully saturated rings. The Morgan fingerprint density at radius 3 is 2.56 bits per heavy atom. The number of aromatic nitrogens is 4. The first-order chi connectivity index (χ1) is 12.3. The van der Waals surface area contributed by atoms with Gasteiger partial charge >= 0.3 is 0 Å². The molecule has 25 heavy (non-hydrogen) atoms. The summed E-state index contributed by atoms with van der Waals surface area (Å²) in [4.78, 5) is 5.03. The summed E-state index contributed by atoms with van der Waals surface area (Å²) in [6.07, 6.45) is 1.01. The molecule has 1 aliphatic rings. The van der Waals surface area contributed by atoms with Crippen LogP contribution < -0.4 is 0 Å². The Kier molecular flexibility index (Phi) is 6.49. The quantitative estimate of drug-likeness (QED) is 0.725. The van der Waals surface area contributed by atoms with Crippen molar-refractivity contribution in [3.63, 3.8) is 0 Å². The summed E-state index contributed by atoms with van der Waals surface area (Å²) in [5.74, 6) is 0.955. The van der Waals surface area contributed by atoms with E-state index in [9.17, 15) is 0 Å². The van der Waals surface area contributed by atoms with Crippen LogP contribution in [0.2, 0.25) is 0 Å². The van der Waals surface area contributed by atoms with Crippen LogP contribution in [0.3, 0.4) is 0 Å². The fraction of sp³-hybridized carbons (Fsp3) is 0.611. The third-order valence-corrected chi connectivity index (χ3v) is 4.85. The van der Waals surface area contributed by atoms with E-state index in [0.717, 1.165) is 45.0 Å². The number of hydrogen-bond acceptors (Lipinski definition) is 6. The lowest BCUT2D eigenvalue weighted by atomic mass is 10.1. The summed E-state index contributed by atoms with van der Waals surface area (Å²) in [5, 5.41) is 12.3. The van der Waals surface area contributed by atoms with Gasteiger partial charge in [-0.3, -0.25) is 9.80 Å². The van der Waals surface area contributed by atoms with E-state index in [4.69, 9.17) is 4.74 Å². The number of methoxy groups -OCH3 is 1. The number of ether oxygens (including phenoxy) is 1. The van der Waals surface area contributed by atoms with E-state index in [1.807, 2.05) is 4.68 Å². The Morgan fingerprint density at radius 1 is 1.12 bits per heavy atom. The molecule has 2 heterocycles. The molecule has 0 unspecified atom stereocenters. The summed E-state index contributed by atoms with van der Waals surface area (Å²) in [6.45, 7) is 8.79. The molecule has 0 bridgehead atoms. The van der Waals surface area contributed by atoms with Gasteiger partial charge in [-0.15, -0.1) is 5.10 Å². The van der Waals surface area contributed by atoms with Crippen molar-refractivity contribution in [1.29, 1.82) is 0 Å².